The van der Waals surface area contributed by atoms with Gasteiger partial charge in [0.15, 0.2) is 0 Å². The van der Waals surface area contributed by atoms with Gasteiger partial charge >= 0.3 is 0 Å². The molecule has 1 N–H and O–H groups in total. The van der Waals surface area contributed by atoms with Crippen molar-refractivity contribution < 1.29 is 22.4 Å². The zero-order valence-electron chi connectivity index (χ0n) is 26.6. The standard InChI is InChI=1S/C36H39ClFN3O4S/c1-25-11-19-31(20-12-25)46(44,45)41(30-18-13-26(2)32(37)22-30)24-34(42)40(23-28-14-16-29(38)17-15-28)33(35(43)39-36(3,4)5)21-27-9-7-6-8-10-27/h6-20,22,33H,21,23-24H2,1-5H3,(H,39,43)/t33-/m0/s1. The molecule has 46 heavy (non-hydrogen) atoms. The molecule has 4 aromatic carbocycles. The van der Waals surface area contributed by atoms with Crippen LogP contribution in [0.5, 0.6) is 0 Å². The van der Waals surface area contributed by atoms with Crippen molar-refractivity contribution >= 4 is 39.1 Å². The Morgan fingerprint density at radius 1 is 0.870 bits per heavy atom. The first kappa shape index (κ1) is 34.7. The van der Waals surface area contributed by atoms with E-state index < -0.39 is 45.8 Å². The van der Waals surface area contributed by atoms with Gasteiger partial charge in [-0.3, -0.25) is 13.9 Å². The molecule has 4 rings (SSSR count). The van der Waals surface area contributed by atoms with Crippen LogP contribution in [0, 0.1) is 19.7 Å². The van der Waals surface area contributed by atoms with E-state index in [9.17, 15) is 22.4 Å². The van der Waals surface area contributed by atoms with Gasteiger partial charge in [-0.1, -0.05) is 77.8 Å². The summed E-state index contributed by atoms with van der Waals surface area (Å²) in [7, 11) is -4.26. The number of nitrogens with one attached hydrogen (secondary N) is 1. The van der Waals surface area contributed by atoms with Gasteiger partial charge in [-0.2, -0.15) is 0 Å². The average Bonchev–Trinajstić information content (AvgIpc) is 2.99. The SMILES string of the molecule is Cc1ccc(S(=O)(=O)N(CC(=O)N(Cc2ccc(F)cc2)[C@@H](Cc2ccccc2)C(=O)NC(C)(C)C)c2ccc(C)c(Cl)c2)cc1. The van der Waals surface area contributed by atoms with Gasteiger partial charge < -0.3 is 10.2 Å². The lowest BCUT2D eigenvalue weighted by atomic mass is 10.0. The normalized spacial score (nSPS) is 12.3. The molecule has 0 unspecified atom stereocenters. The molecule has 0 spiro atoms. The molecule has 0 aliphatic rings. The van der Waals surface area contributed by atoms with Crippen molar-refractivity contribution in [1.29, 1.82) is 0 Å². The number of nitrogens with zero attached hydrogens (tertiary/aromatic N) is 2. The summed E-state index contributed by atoms with van der Waals surface area (Å²) < 4.78 is 43.2. The van der Waals surface area contributed by atoms with Gasteiger partial charge in [0.25, 0.3) is 10.0 Å². The Bertz CT molecular complexity index is 1780. The molecule has 242 valence electrons. The van der Waals surface area contributed by atoms with Crippen LogP contribution < -0.4 is 9.62 Å². The van der Waals surface area contributed by atoms with Crippen LogP contribution in [0.4, 0.5) is 10.1 Å². The third-order valence-electron chi connectivity index (χ3n) is 7.37. The number of benzene rings is 4. The first-order valence-electron chi connectivity index (χ1n) is 14.9. The number of carbonyl (C=O) groups excluding carboxylic acids is 2. The average molecular weight is 664 g/mol. The second kappa shape index (κ2) is 14.5. The molecule has 0 fully saturated rings. The van der Waals surface area contributed by atoms with Gasteiger partial charge in [0, 0.05) is 23.5 Å². The molecule has 4 aromatic rings. The maximum Gasteiger partial charge on any atom is 0.264 e. The molecule has 2 amide bonds. The number of rotatable bonds is 11. The molecule has 0 bridgehead atoms. The van der Waals surface area contributed by atoms with Crippen molar-refractivity contribution in [3.05, 3.63) is 130 Å². The van der Waals surface area contributed by atoms with Crippen LogP contribution in [0.3, 0.4) is 0 Å². The highest BCUT2D eigenvalue weighted by molar-refractivity contribution is 7.92. The highest BCUT2D eigenvalue weighted by atomic mass is 35.5. The summed E-state index contributed by atoms with van der Waals surface area (Å²) in [5.74, 6) is -1.47. The largest absolute Gasteiger partial charge is 0.350 e. The van der Waals surface area contributed by atoms with Gasteiger partial charge in [0.1, 0.15) is 18.4 Å². The summed E-state index contributed by atoms with van der Waals surface area (Å²) in [6.45, 7) is 8.48. The first-order valence-corrected chi connectivity index (χ1v) is 16.7. The number of anilines is 1. The van der Waals surface area contributed by atoms with Crippen LogP contribution in [0.15, 0.2) is 102 Å². The molecular weight excluding hydrogens is 625 g/mol. The lowest BCUT2D eigenvalue weighted by Gasteiger charge is -2.35. The van der Waals surface area contributed by atoms with E-state index in [1.807, 2.05) is 58.0 Å². The molecular formula is C36H39ClFN3O4S. The molecule has 0 heterocycles. The third-order valence-corrected chi connectivity index (χ3v) is 9.56. The van der Waals surface area contributed by atoms with Crippen LogP contribution in [-0.4, -0.2) is 43.3 Å². The van der Waals surface area contributed by atoms with E-state index in [0.717, 1.165) is 21.0 Å². The van der Waals surface area contributed by atoms with E-state index in [0.29, 0.717) is 10.6 Å². The molecule has 7 nitrogen and oxygen atoms in total. The Labute approximate surface area is 276 Å². The van der Waals surface area contributed by atoms with E-state index >= 15 is 0 Å². The predicted molar refractivity (Wildman–Crippen MR) is 181 cm³/mol. The maximum atomic E-state index is 14.5. The zero-order chi connectivity index (χ0) is 33.6. The van der Waals surface area contributed by atoms with Gasteiger partial charge in [-0.05, 0) is 87.7 Å². The van der Waals surface area contributed by atoms with Crippen molar-refractivity contribution in [3.8, 4) is 0 Å². The van der Waals surface area contributed by atoms with Gasteiger partial charge in [0.2, 0.25) is 11.8 Å². The smallest absolute Gasteiger partial charge is 0.264 e. The minimum absolute atomic E-state index is 0.000932. The fraction of sp³-hybridized carbons (Fsp3) is 0.278. The third kappa shape index (κ3) is 8.95. The summed E-state index contributed by atoms with van der Waals surface area (Å²) in [5.41, 5.74) is 2.58. The lowest BCUT2D eigenvalue weighted by Crippen LogP contribution is -2.56. The van der Waals surface area contributed by atoms with E-state index in [2.05, 4.69) is 5.32 Å². The second-order valence-corrected chi connectivity index (χ2v) is 14.6. The number of hydrogen-bond acceptors (Lipinski definition) is 4. The van der Waals surface area contributed by atoms with Crippen molar-refractivity contribution in [2.24, 2.45) is 0 Å². The predicted octanol–water partition coefficient (Wildman–Crippen LogP) is 6.85. The minimum atomic E-state index is -4.26. The summed E-state index contributed by atoms with van der Waals surface area (Å²) in [6.07, 6.45) is 0.163. The molecule has 1 atom stereocenters. The summed E-state index contributed by atoms with van der Waals surface area (Å²) >= 11 is 6.44. The lowest BCUT2D eigenvalue weighted by molar-refractivity contribution is -0.140. The summed E-state index contributed by atoms with van der Waals surface area (Å²) in [5, 5.41) is 3.32. The van der Waals surface area contributed by atoms with E-state index in [1.54, 1.807) is 31.2 Å². The highest BCUT2D eigenvalue weighted by Crippen LogP contribution is 2.29. The zero-order valence-corrected chi connectivity index (χ0v) is 28.2. The summed E-state index contributed by atoms with van der Waals surface area (Å²) in [6, 6.07) is 25.0. The number of carbonyl (C=O) groups is 2. The molecule has 0 saturated heterocycles. The quantitative estimate of drug-likeness (QED) is 0.190. The van der Waals surface area contributed by atoms with Crippen LogP contribution >= 0.6 is 11.6 Å². The molecule has 10 heteroatoms. The van der Waals surface area contributed by atoms with Crippen molar-refractivity contribution in [2.75, 3.05) is 10.8 Å². The van der Waals surface area contributed by atoms with Crippen molar-refractivity contribution in [2.45, 2.75) is 64.1 Å². The van der Waals surface area contributed by atoms with Gasteiger partial charge in [-0.15, -0.1) is 0 Å². The topological polar surface area (TPSA) is 86.8 Å². The van der Waals surface area contributed by atoms with E-state index in [4.69, 9.17) is 11.6 Å². The Balaban J connectivity index is 1.83. The maximum absolute atomic E-state index is 14.5. The molecule has 0 aliphatic carbocycles. The molecule has 0 aromatic heterocycles. The number of sulfonamides is 1. The first-order chi connectivity index (χ1) is 21.6. The monoisotopic (exact) mass is 663 g/mol. The van der Waals surface area contributed by atoms with Crippen molar-refractivity contribution in [3.63, 3.8) is 0 Å². The molecule has 0 aliphatic heterocycles. The molecule has 0 radical (unpaired) electrons. The second-order valence-electron chi connectivity index (χ2n) is 12.4. The number of halogens is 2. The van der Waals surface area contributed by atoms with Crippen LogP contribution in [-0.2, 0) is 32.6 Å². The minimum Gasteiger partial charge on any atom is -0.350 e. The van der Waals surface area contributed by atoms with Gasteiger partial charge in [0.05, 0.1) is 10.6 Å². The Morgan fingerprint density at radius 2 is 1.50 bits per heavy atom. The fourth-order valence-corrected chi connectivity index (χ4v) is 6.48. The Morgan fingerprint density at radius 3 is 2.09 bits per heavy atom. The Hall–Kier alpha value is -4.21. The van der Waals surface area contributed by atoms with E-state index in [-0.39, 0.29) is 23.5 Å². The fourth-order valence-electron chi connectivity index (χ4n) is 4.90. The van der Waals surface area contributed by atoms with Crippen LogP contribution in [0.25, 0.3) is 0 Å². The van der Waals surface area contributed by atoms with Gasteiger partial charge in [-0.25, -0.2) is 12.8 Å². The highest BCUT2D eigenvalue weighted by Gasteiger charge is 2.35. The number of amides is 2. The Kier molecular flexibility index (Phi) is 10.9. The van der Waals surface area contributed by atoms with Crippen molar-refractivity contribution in [1.82, 2.24) is 10.2 Å². The number of hydrogen-bond donors (Lipinski definition) is 1. The summed E-state index contributed by atoms with van der Waals surface area (Å²) in [4.78, 5) is 29.8. The van der Waals surface area contributed by atoms with Crippen LogP contribution in [0.1, 0.15) is 43.0 Å². The number of aryl methyl sites for hydroxylation is 2. The van der Waals surface area contributed by atoms with E-state index in [1.165, 1.54) is 47.4 Å². The molecule has 0 saturated carbocycles. The van der Waals surface area contributed by atoms with Crippen LogP contribution in [0.2, 0.25) is 5.02 Å².